The number of nitrogens with zero attached hydrogens (tertiary/aromatic N) is 4. The van der Waals surface area contributed by atoms with Gasteiger partial charge in [0, 0.05) is 42.7 Å². The molecule has 214 valence electrons. The summed E-state index contributed by atoms with van der Waals surface area (Å²) in [6.45, 7) is 4.75. The number of ether oxygens (including phenoxy) is 1. The van der Waals surface area contributed by atoms with E-state index in [4.69, 9.17) is 4.74 Å². The highest BCUT2D eigenvalue weighted by molar-refractivity contribution is 6.02. The minimum Gasteiger partial charge on any atom is -0.440 e. The van der Waals surface area contributed by atoms with Crippen molar-refractivity contribution in [1.29, 1.82) is 0 Å². The van der Waals surface area contributed by atoms with Crippen LogP contribution in [0.15, 0.2) is 59.7 Å². The highest BCUT2D eigenvalue weighted by atomic mass is 19.2. The number of imidazole rings is 1. The normalized spacial score (nSPS) is 19.2. The number of aromatic amines is 1. The maximum atomic E-state index is 14.6. The number of aromatic nitrogens is 4. The molecular formula is C30H31F2N5O4. The van der Waals surface area contributed by atoms with Gasteiger partial charge in [0.05, 0.1) is 17.1 Å². The van der Waals surface area contributed by atoms with Gasteiger partial charge in [-0.1, -0.05) is 26.0 Å². The Kier molecular flexibility index (Phi) is 8.23. The fraction of sp³-hybridized carbons (Fsp3) is 0.367. The Hall–Kier alpha value is -4.41. The molecule has 2 unspecified atom stereocenters. The zero-order chi connectivity index (χ0) is 29.1. The van der Waals surface area contributed by atoms with Gasteiger partial charge in [-0.3, -0.25) is 19.3 Å². The van der Waals surface area contributed by atoms with Gasteiger partial charge in [-0.05, 0) is 56.0 Å². The predicted octanol–water partition coefficient (Wildman–Crippen LogP) is 5.70. The number of ketones is 1. The molecule has 2 atom stereocenters. The van der Waals surface area contributed by atoms with Gasteiger partial charge in [-0.25, -0.2) is 23.4 Å². The number of likely N-dealkylation sites (tertiary alicyclic amines) is 1. The van der Waals surface area contributed by atoms with Crippen LogP contribution in [0.5, 0.6) is 0 Å². The quantitative estimate of drug-likeness (QED) is 0.320. The Labute approximate surface area is 235 Å². The Bertz CT molecular complexity index is 1630. The van der Waals surface area contributed by atoms with Crippen LogP contribution in [-0.2, 0) is 4.74 Å². The molecule has 1 saturated heterocycles. The minimum absolute atomic E-state index is 0.0217. The van der Waals surface area contributed by atoms with Gasteiger partial charge in [-0.2, -0.15) is 0 Å². The van der Waals surface area contributed by atoms with Crippen LogP contribution in [0, 0.1) is 11.6 Å². The third-order valence-electron chi connectivity index (χ3n) is 7.62. The standard InChI is InChI=1S/C28H25F2N5O4.C2H6/c29-20-6-1-4-17(23(20)30)18-8-9-22(24-19(25(18)36)5-2-12-31-24)39-28(38)34-14-10-16(11-15-34)35-21-7-3-13-32-26(21)33-27(35)37;1-2/h1-7,12-13,16,18,22H,8-11,14-15H2,(H,32,33,37);1-2H3. The van der Waals surface area contributed by atoms with Gasteiger partial charge in [0.2, 0.25) is 0 Å². The molecule has 4 aromatic rings. The average molecular weight is 564 g/mol. The van der Waals surface area contributed by atoms with Crippen molar-refractivity contribution in [3.05, 3.63) is 93.8 Å². The number of piperidine rings is 1. The minimum atomic E-state index is -1.05. The van der Waals surface area contributed by atoms with Crippen molar-refractivity contribution >= 4 is 23.0 Å². The van der Waals surface area contributed by atoms with Crippen molar-refractivity contribution in [3.8, 4) is 0 Å². The monoisotopic (exact) mass is 563 g/mol. The molecule has 3 aromatic heterocycles. The number of nitrogens with one attached hydrogen (secondary N) is 1. The lowest BCUT2D eigenvalue weighted by Gasteiger charge is -2.32. The zero-order valence-corrected chi connectivity index (χ0v) is 22.8. The summed E-state index contributed by atoms with van der Waals surface area (Å²) in [5, 5.41) is 0. The van der Waals surface area contributed by atoms with E-state index in [0.29, 0.717) is 37.3 Å². The van der Waals surface area contributed by atoms with Crippen molar-refractivity contribution in [2.45, 2.75) is 57.6 Å². The van der Waals surface area contributed by atoms with E-state index in [0.717, 1.165) is 11.6 Å². The number of carbonyl (C=O) groups is 2. The number of H-pyrrole nitrogens is 1. The number of Topliss-reactive ketones (excluding diaryl/α,β-unsaturated/α-hetero) is 1. The second-order valence-electron chi connectivity index (χ2n) is 9.84. The number of amides is 1. The maximum Gasteiger partial charge on any atom is 0.410 e. The first-order valence-corrected chi connectivity index (χ1v) is 13.9. The Morgan fingerprint density at radius 2 is 1.68 bits per heavy atom. The van der Waals surface area contributed by atoms with Crippen LogP contribution in [0.4, 0.5) is 13.6 Å². The summed E-state index contributed by atoms with van der Waals surface area (Å²) >= 11 is 0. The van der Waals surface area contributed by atoms with Gasteiger partial charge in [0.25, 0.3) is 0 Å². The molecule has 0 spiro atoms. The van der Waals surface area contributed by atoms with Crippen LogP contribution in [0.25, 0.3) is 11.2 Å². The van der Waals surface area contributed by atoms with Crippen LogP contribution in [-0.4, -0.2) is 49.4 Å². The molecule has 11 heteroatoms. The number of halogens is 2. The lowest BCUT2D eigenvalue weighted by atomic mass is 9.88. The van der Waals surface area contributed by atoms with Gasteiger partial charge < -0.3 is 9.64 Å². The molecule has 1 N–H and O–H groups in total. The van der Waals surface area contributed by atoms with Crippen molar-refractivity contribution < 1.29 is 23.1 Å². The number of fused-ring (bicyclic) bond motifs is 2. The molecule has 1 aliphatic heterocycles. The molecule has 4 heterocycles. The van der Waals surface area contributed by atoms with Crippen LogP contribution in [0.2, 0.25) is 0 Å². The van der Waals surface area contributed by atoms with E-state index in [1.165, 1.54) is 18.3 Å². The molecular weight excluding hydrogens is 532 g/mol. The van der Waals surface area contributed by atoms with E-state index in [-0.39, 0.29) is 41.5 Å². The number of hydrogen-bond donors (Lipinski definition) is 1. The summed E-state index contributed by atoms with van der Waals surface area (Å²) in [6, 6.07) is 10.5. The summed E-state index contributed by atoms with van der Waals surface area (Å²) in [5.41, 5.74) is 1.52. The van der Waals surface area contributed by atoms with E-state index >= 15 is 0 Å². The number of rotatable bonds is 3. The van der Waals surface area contributed by atoms with E-state index < -0.39 is 29.7 Å². The first-order chi connectivity index (χ1) is 19.9. The largest absolute Gasteiger partial charge is 0.440 e. The van der Waals surface area contributed by atoms with Gasteiger partial charge in [0.15, 0.2) is 23.1 Å². The van der Waals surface area contributed by atoms with Crippen LogP contribution >= 0.6 is 0 Å². The van der Waals surface area contributed by atoms with E-state index in [1.54, 1.807) is 33.9 Å². The summed E-state index contributed by atoms with van der Waals surface area (Å²) in [6.07, 6.45) is 3.24. The fourth-order valence-corrected chi connectivity index (χ4v) is 5.68. The Morgan fingerprint density at radius 1 is 0.951 bits per heavy atom. The molecule has 0 bridgehead atoms. The smallest absolute Gasteiger partial charge is 0.410 e. The van der Waals surface area contributed by atoms with Crippen LogP contribution in [0.3, 0.4) is 0 Å². The lowest BCUT2D eigenvalue weighted by Crippen LogP contribution is -2.41. The van der Waals surface area contributed by atoms with E-state index in [1.807, 2.05) is 19.9 Å². The molecule has 9 nitrogen and oxygen atoms in total. The number of pyridine rings is 2. The Balaban J connectivity index is 0.00000165. The van der Waals surface area contributed by atoms with Crippen molar-refractivity contribution in [3.63, 3.8) is 0 Å². The summed E-state index contributed by atoms with van der Waals surface area (Å²) in [4.78, 5) is 52.0. The average Bonchev–Trinajstić information content (AvgIpc) is 3.28. The molecule has 2 aliphatic rings. The molecule has 1 amide bonds. The molecule has 41 heavy (non-hydrogen) atoms. The number of carbonyl (C=O) groups excluding carboxylic acids is 2. The zero-order valence-electron chi connectivity index (χ0n) is 22.8. The summed E-state index contributed by atoms with van der Waals surface area (Å²) in [5.74, 6) is -3.38. The maximum absolute atomic E-state index is 14.6. The second-order valence-corrected chi connectivity index (χ2v) is 9.84. The second kappa shape index (κ2) is 12.0. The van der Waals surface area contributed by atoms with Gasteiger partial charge in [0.1, 0.15) is 6.10 Å². The topological polar surface area (TPSA) is 110 Å². The highest BCUT2D eigenvalue weighted by Gasteiger charge is 2.36. The predicted molar refractivity (Wildman–Crippen MR) is 148 cm³/mol. The van der Waals surface area contributed by atoms with Crippen LogP contribution in [0.1, 0.15) is 79.2 Å². The lowest BCUT2D eigenvalue weighted by molar-refractivity contribution is 0.0473. The third-order valence-corrected chi connectivity index (χ3v) is 7.62. The van der Waals surface area contributed by atoms with Crippen molar-refractivity contribution in [1.82, 2.24) is 24.4 Å². The number of hydrogen-bond acceptors (Lipinski definition) is 6. The van der Waals surface area contributed by atoms with E-state index in [2.05, 4.69) is 15.0 Å². The fourth-order valence-electron chi connectivity index (χ4n) is 5.68. The molecule has 1 aliphatic carbocycles. The summed E-state index contributed by atoms with van der Waals surface area (Å²) in [7, 11) is 0. The highest BCUT2D eigenvalue weighted by Crippen LogP contribution is 2.38. The van der Waals surface area contributed by atoms with Gasteiger partial charge in [-0.15, -0.1) is 0 Å². The van der Waals surface area contributed by atoms with Crippen molar-refractivity contribution in [2.24, 2.45) is 0 Å². The molecule has 1 aromatic carbocycles. The SMILES string of the molecule is CC.O=C1c2cccnc2C(OC(=O)N2CCC(n3c(=O)[nH]c4ncccc43)CC2)CCC1c1cccc(F)c1F. The molecule has 0 radical (unpaired) electrons. The third kappa shape index (κ3) is 5.36. The first kappa shape index (κ1) is 28.1. The van der Waals surface area contributed by atoms with Crippen molar-refractivity contribution in [2.75, 3.05) is 13.1 Å². The first-order valence-electron chi connectivity index (χ1n) is 13.9. The molecule has 6 rings (SSSR count). The Morgan fingerprint density at radius 3 is 2.46 bits per heavy atom. The molecule has 0 saturated carbocycles. The number of benzene rings is 1. The molecule has 1 fully saturated rings. The van der Waals surface area contributed by atoms with E-state index in [9.17, 15) is 23.2 Å². The summed E-state index contributed by atoms with van der Waals surface area (Å²) < 4.78 is 36.1. The van der Waals surface area contributed by atoms with Gasteiger partial charge >= 0.3 is 11.8 Å². The van der Waals surface area contributed by atoms with Crippen LogP contribution < -0.4 is 5.69 Å².